The molecular formula is C19H24N4O2. The van der Waals surface area contributed by atoms with E-state index in [2.05, 4.69) is 24.0 Å². The monoisotopic (exact) mass is 340 g/mol. The van der Waals surface area contributed by atoms with Crippen molar-refractivity contribution in [2.45, 2.75) is 51.0 Å². The van der Waals surface area contributed by atoms with E-state index in [1.165, 1.54) is 0 Å². The van der Waals surface area contributed by atoms with E-state index >= 15 is 0 Å². The van der Waals surface area contributed by atoms with Crippen LogP contribution in [0.25, 0.3) is 0 Å². The summed E-state index contributed by atoms with van der Waals surface area (Å²) < 4.78 is 1.83. The molecule has 2 fully saturated rings. The fraction of sp³-hybridized carbons (Fsp3) is 0.526. The van der Waals surface area contributed by atoms with Crippen LogP contribution >= 0.6 is 0 Å². The molecule has 0 spiro atoms. The van der Waals surface area contributed by atoms with Gasteiger partial charge in [0.2, 0.25) is 0 Å². The number of pyridine rings is 1. The van der Waals surface area contributed by atoms with E-state index in [-0.39, 0.29) is 23.4 Å². The zero-order valence-electron chi connectivity index (χ0n) is 14.7. The molecule has 132 valence electrons. The first-order valence-corrected chi connectivity index (χ1v) is 9.10. The van der Waals surface area contributed by atoms with E-state index in [0.717, 1.165) is 30.5 Å². The summed E-state index contributed by atoms with van der Waals surface area (Å²) in [5, 5.41) is 7.06. The number of rotatable bonds is 4. The lowest BCUT2D eigenvalue weighted by Gasteiger charge is -2.17. The second-order valence-electron chi connectivity index (χ2n) is 7.51. The number of hydrogen-bond donors (Lipinski definition) is 1. The maximum absolute atomic E-state index is 12.7. The molecule has 1 saturated heterocycles. The Labute approximate surface area is 146 Å². The van der Waals surface area contributed by atoms with Crippen LogP contribution in [-0.2, 0) is 0 Å². The molecule has 1 aliphatic heterocycles. The zero-order valence-corrected chi connectivity index (χ0v) is 14.7. The van der Waals surface area contributed by atoms with Crippen LogP contribution in [0, 0.1) is 0 Å². The van der Waals surface area contributed by atoms with Crippen molar-refractivity contribution in [1.29, 1.82) is 0 Å². The average molecular weight is 340 g/mol. The summed E-state index contributed by atoms with van der Waals surface area (Å²) in [7, 11) is 0. The highest BCUT2D eigenvalue weighted by molar-refractivity contribution is 5.92. The van der Waals surface area contributed by atoms with Gasteiger partial charge < -0.3 is 9.47 Å². The summed E-state index contributed by atoms with van der Waals surface area (Å²) in [5.74, 6) is 0.694. The number of nitrogens with zero attached hydrogens (tertiary/aromatic N) is 3. The van der Waals surface area contributed by atoms with Crippen LogP contribution < -0.4 is 5.56 Å². The lowest BCUT2D eigenvalue weighted by Crippen LogP contribution is -2.32. The maximum Gasteiger partial charge on any atom is 0.271 e. The minimum atomic E-state index is -0.0340. The predicted molar refractivity (Wildman–Crippen MR) is 94.9 cm³/mol. The molecule has 1 N–H and O–H groups in total. The fourth-order valence-corrected chi connectivity index (χ4v) is 3.59. The highest BCUT2D eigenvalue weighted by atomic mass is 16.2. The Morgan fingerprint density at radius 2 is 2.12 bits per heavy atom. The van der Waals surface area contributed by atoms with Gasteiger partial charge in [-0.25, -0.2) is 0 Å². The van der Waals surface area contributed by atoms with Crippen LogP contribution in [0.1, 0.15) is 72.7 Å². The topological polar surface area (TPSA) is 71.0 Å². The molecule has 3 heterocycles. The molecule has 25 heavy (non-hydrogen) atoms. The Bertz CT molecular complexity index is 847. The summed E-state index contributed by atoms with van der Waals surface area (Å²) in [6, 6.07) is 5.80. The molecule has 0 aromatic carbocycles. The highest BCUT2D eigenvalue weighted by Crippen LogP contribution is 2.38. The SMILES string of the molecule is CC(C)c1cc(C(=O)N2CCC(n3cccc(C4CC4)c3=O)C2)[nH]n1. The van der Waals surface area contributed by atoms with Crippen molar-refractivity contribution < 1.29 is 4.79 Å². The summed E-state index contributed by atoms with van der Waals surface area (Å²) in [4.78, 5) is 27.2. The lowest BCUT2D eigenvalue weighted by atomic mass is 10.1. The third-order valence-corrected chi connectivity index (χ3v) is 5.28. The molecule has 1 atom stereocenters. The predicted octanol–water partition coefficient (Wildman–Crippen LogP) is 2.66. The molecule has 1 aliphatic carbocycles. The van der Waals surface area contributed by atoms with E-state index in [0.29, 0.717) is 24.7 Å². The Morgan fingerprint density at radius 1 is 1.32 bits per heavy atom. The molecule has 2 aliphatic rings. The number of carbonyl (C=O) groups is 1. The number of carbonyl (C=O) groups excluding carboxylic acids is 1. The van der Waals surface area contributed by atoms with Gasteiger partial charge in [0.05, 0.1) is 11.7 Å². The van der Waals surface area contributed by atoms with Crippen molar-refractivity contribution in [2.24, 2.45) is 0 Å². The number of hydrogen-bond acceptors (Lipinski definition) is 3. The molecular weight excluding hydrogens is 316 g/mol. The van der Waals surface area contributed by atoms with Gasteiger partial charge in [0.25, 0.3) is 11.5 Å². The van der Waals surface area contributed by atoms with E-state index < -0.39 is 0 Å². The van der Waals surface area contributed by atoms with Gasteiger partial charge in [0.1, 0.15) is 5.69 Å². The van der Waals surface area contributed by atoms with Gasteiger partial charge in [0, 0.05) is 24.8 Å². The molecule has 1 unspecified atom stereocenters. The number of amides is 1. The minimum absolute atomic E-state index is 0.0340. The first-order chi connectivity index (χ1) is 12.0. The largest absolute Gasteiger partial charge is 0.335 e. The Morgan fingerprint density at radius 3 is 2.80 bits per heavy atom. The highest BCUT2D eigenvalue weighted by Gasteiger charge is 2.32. The maximum atomic E-state index is 12.7. The smallest absolute Gasteiger partial charge is 0.271 e. The standard InChI is InChI=1S/C19H24N4O2/c1-12(2)16-10-17(21-20-16)19(25)22-9-7-14(11-22)23-8-3-4-15(18(23)24)13-5-6-13/h3-4,8,10,12-14H,5-7,9,11H2,1-2H3,(H,20,21). The van der Waals surface area contributed by atoms with E-state index in [9.17, 15) is 9.59 Å². The van der Waals surface area contributed by atoms with E-state index in [1.807, 2.05) is 33.9 Å². The first kappa shape index (κ1) is 16.1. The Balaban J connectivity index is 1.50. The molecule has 0 bridgehead atoms. The second kappa shape index (κ2) is 6.17. The number of H-pyrrole nitrogens is 1. The molecule has 1 saturated carbocycles. The van der Waals surface area contributed by atoms with Crippen molar-refractivity contribution in [2.75, 3.05) is 13.1 Å². The summed E-state index contributed by atoms with van der Waals surface area (Å²) in [6.07, 6.45) is 4.91. The van der Waals surface area contributed by atoms with Gasteiger partial charge in [-0.15, -0.1) is 0 Å². The van der Waals surface area contributed by atoms with Crippen molar-refractivity contribution in [3.05, 3.63) is 51.7 Å². The van der Waals surface area contributed by atoms with Gasteiger partial charge >= 0.3 is 0 Å². The van der Waals surface area contributed by atoms with Gasteiger partial charge in [-0.05, 0) is 43.2 Å². The molecule has 2 aromatic heterocycles. The Kier molecular flexibility index (Phi) is 3.98. The van der Waals surface area contributed by atoms with Crippen LogP contribution in [0.15, 0.2) is 29.2 Å². The quantitative estimate of drug-likeness (QED) is 0.930. The molecule has 0 radical (unpaired) electrons. The zero-order chi connectivity index (χ0) is 17.6. The molecule has 6 heteroatoms. The van der Waals surface area contributed by atoms with E-state index in [1.54, 1.807) is 0 Å². The van der Waals surface area contributed by atoms with Crippen LogP contribution in [0.3, 0.4) is 0 Å². The second-order valence-corrected chi connectivity index (χ2v) is 7.51. The normalized spacial score (nSPS) is 20.4. The van der Waals surface area contributed by atoms with Crippen molar-refractivity contribution >= 4 is 5.91 Å². The fourth-order valence-electron chi connectivity index (χ4n) is 3.59. The number of aromatic nitrogens is 3. The van der Waals surface area contributed by atoms with Crippen molar-refractivity contribution in [3.63, 3.8) is 0 Å². The first-order valence-electron chi connectivity index (χ1n) is 9.10. The molecule has 2 aromatic rings. The third kappa shape index (κ3) is 3.01. The van der Waals surface area contributed by atoms with Gasteiger partial charge in [-0.1, -0.05) is 19.9 Å². The van der Waals surface area contributed by atoms with Crippen LogP contribution in [-0.4, -0.2) is 38.7 Å². The minimum Gasteiger partial charge on any atom is -0.335 e. The average Bonchev–Trinajstić information content (AvgIpc) is 3.12. The summed E-state index contributed by atoms with van der Waals surface area (Å²) in [6.45, 7) is 5.34. The number of nitrogens with one attached hydrogen (secondary N) is 1. The van der Waals surface area contributed by atoms with Crippen molar-refractivity contribution in [1.82, 2.24) is 19.7 Å². The van der Waals surface area contributed by atoms with Crippen LogP contribution in [0.5, 0.6) is 0 Å². The molecule has 1 amide bonds. The Hall–Kier alpha value is -2.37. The van der Waals surface area contributed by atoms with Gasteiger partial charge in [-0.3, -0.25) is 14.7 Å². The number of aromatic amines is 1. The number of likely N-dealkylation sites (tertiary alicyclic amines) is 1. The molecule has 6 nitrogen and oxygen atoms in total. The van der Waals surface area contributed by atoms with Crippen LogP contribution in [0.2, 0.25) is 0 Å². The molecule has 4 rings (SSSR count). The third-order valence-electron chi connectivity index (χ3n) is 5.28. The van der Waals surface area contributed by atoms with Crippen LogP contribution in [0.4, 0.5) is 0 Å². The van der Waals surface area contributed by atoms with Crippen molar-refractivity contribution in [3.8, 4) is 0 Å². The summed E-state index contributed by atoms with van der Waals surface area (Å²) in [5.41, 5.74) is 2.48. The lowest BCUT2D eigenvalue weighted by molar-refractivity contribution is 0.0781. The summed E-state index contributed by atoms with van der Waals surface area (Å²) >= 11 is 0. The van der Waals surface area contributed by atoms with Gasteiger partial charge in [-0.2, -0.15) is 5.10 Å². The van der Waals surface area contributed by atoms with Gasteiger partial charge in [0.15, 0.2) is 0 Å². The van der Waals surface area contributed by atoms with E-state index in [4.69, 9.17) is 0 Å².